The van der Waals surface area contributed by atoms with Crippen LogP contribution in [0.4, 0.5) is 8.78 Å². The number of aromatic amines is 1. The third kappa shape index (κ3) is 6.26. The summed E-state index contributed by atoms with van der Waals surface area (Å²) < 4.78 is 65.1. The van der Waals surface area contributed by atoms with Gasteiger partial charge in [0.2, 0.25) is 5.91 Å². The molecule has 0 saturated carbocycles. The van der Waals surface area contributed by atoms with Gasteiger partial charge in [-0.15, -0.1) is 0 Å². The van der Waals surface area contributed by atoms with Crippen LogP contribution in [0.2, 0.25) is 0 Å². The SMILES string of the molecule is CCOP(=O)(OCC)C(F)C[C@H]1O[C@@H](n2c(=O)cc[nH]c2=O)[C@](C)(F)[C@@H]1OC(=O)CCC(C)=O. The van der Waals surface area contributed by atoms with Crippen LogP contribution < -0.4 is 11.2 Å². The van der Waals surface area contributed by atoms with Crippen molar-refractivity contribution in [2.24, 2.45) is 0 Å². The summed E-state index contributed by atoms with van der Waals surface area (Å²) in [5.41, 5.74) is -4.60. The molecule has 192 valence electrons. The molecule has 0 amide bonds. The predicted octanol–water partition coefficient (Wildman–Crippen LogP) is 2.40. The molecule has 5 atom stereocenters. The summed E-state index contributed by atoms with van der Waals surface area (Å²) >= 11 is 0. The lowest BCUT2D eigenvalue weighted by Crippen LogP contribution is -2.48. The first-order valence-electron chi connectivity index (χ1n) is 10.7. The molecule has 2 rings (SSSR count). The standard InChI is InChI=1S/C20H29F2N2O9P/c1-5-30-34(29,31-6-2)14(21)11-13-17(33-16(27)8-7-12(3)25)20(4,22)18(32-13)24-15(26)9-10-23-19(24)28/h9-10,13-14,17-18H,5-8,11H2,1-4H3,(H,23,28)/t13-,14?,17-,18-,20-/m1/s1. The first-order valence-corrected chi connectivity index (χ1v) is 12.3. The molecule has 11 nitrogen and oxygen atoms in total. The number of hydrogen-bond donors (Lipinski definition) is 1. The van der Waals surface area contributed by atoms with Gasteiger partial charge in [-0.25, -0.2) is 18.1 Å². The highest BCUT2D eigenvalue weighted by Gasteiger charge is 2.59. The van der Waals surface area contributed by atoms with Crippen molar-refractivity contribution in [1.82, 2.24) is 9.55 Å². The van der Waals surface area contributed by atoms with Gasteiger partial charge in [0.1, 0.15) is 11.9 Å². The number of rotatable bonds is 12. The fourth-order valence-corrected chi connectivity index (χ4v) is 5.16. The molecule has 1 unspecified atom stereocenters. The molecule has 1 saturated heterocycles. The smallest absolute Gasteiger partial charge is 0.364 e. The van der Waals surface area contributed by atoms with Gasteiger partial charge in [-0.1, -0.05) is 0 Å². The predicted molar refractivity (Wildman–Crippen MR) is 115 cm³/mol. The molecule has 2 heterocycles. The minimum Gasteiger partial charge on any atom is -0.456 e. The monoisotopic (exact) mass is 510 g/mol. The van der Waals surface area contributed by atoms with Gasteiger partial charge in [0.25, 0.3) is 5.56 Å². The van der Waals surface area contributed by atoms with Crippen LogP contribution in [0.3, 0.4) is 0 Å². The van der Waals surface area contributed by atoms with E-state index in [1.54, 1.807) is 0 Å². The zero-order valence-electron chi connectivity index (χ0n) is 19.3. The largest absolute Gasteiger partial charge is 0.456 e. The van der Waals surface area contributed by atoms with Gasteiger partial charge in [-0.2, -0.15) is 0 Å². The third-order valence-corrected chi connectivity index (χ3v) is 7.26. The zero-order chi connectivity index (χ0) is 25.7. The number of aromatic nitrogens is 2. The molecule has 1 N–H and O–H groups in total. The first kappa shape index (κ1) is 28.0. The van der Waals surface area contributed by atoms with E-state index in [9.17, 15) is 23.7 Å². The Labute approximate surface area is 194 Å². The second-order valence-corrected chi connectivity index (χ2v) is 9.98. The number of ether oxygens (including phenoxy) is 2. The van der Waals surface area contributed by atoms with Gasteiger partial charge in [-0.3, -0.25) is 14.2 Å². The maximum atomic E-state index is 16.0. The molecule has 34 heavy (non-hydrogen) atoms. The maximum absolute atomic E-state index is 16.0. The molecule has 14 heteroatoms. The number of hydrogen-bond acceptors (Lipinski definition) is 9. The van der Waals surface area contributed by atoms with Crippen LogP contribution in [-0.4, -0.2) is 58.3 Å². The molecule has 1 aliphatic heterocycles. The molecule has 1 fully saturated rings. The number of nitrogens with zero attached hydrogens (tertiary/aromatic N) is 1. The highest BCUT2D eigenvalue weighted by atomic mass is 31.2. The second kappa shape index (κ2) is 11.5. The van der Waals surface area contributed by atoms with Crippen LogP contribution in [0, 0.1) is 0 Å². The molecule has 0 radical (unpaired) electrons. The Morgan fingerprint density at radius 2 is 1.88 bits per heavy atom. The number of Topliss-reactive ketones (excluding diaryl/α,β-unsaturated/α-hetero) is 1. The molecule has 0 aromatic carbocycles. The number of carbonyl (C=O) groups excluding carboxylic acids is 2. The van der Waals surface area contributed by atoms with E-state index in [-0.39, 0.29) is 31.8 Å². The summed E-state index contributed by atoms with van der Waals surface area (Å²) in [6.45, 7) is 4.87. The van der Waals surface area contributed by atoms with Crippen LogP contribution in [-0.2, 0) is 32.7 Å². The van der Waals surface area contributed by atoms with Crippen LogP contribution >= 0.6 is 7.60 Å². The fourth-order valence-electron chi connectivity index (χ4n) is 3.57. The molecule has 0 spiro atoms. The van der Waals surface area contributed by atoms with Crippen molar-refractivity contribution in [3.8, 4) is 0 Å². The summed E-state index contributed by atoms with van der Waals surface area (Å²) in [4.78, 5) is 50.2. The van der Waals surface area contributed by atoms with Crippen molar-refractivity contribution in [3.63, 3.8) is 0 Å². The van der Waals surface area contributed by atoms with E-state index >= 15 is 8.78 Å². The van der Waals surface area contributed by atoms with Crippen LogP contribution in [0.15, 0.2) is 21.9 Å². The second-order valence-electron chi connectivity index (χ2n) is 7.83. The highest BCUT2D eigenvalue weighted by molar-refractivity contribution is 7.54. The van der Waals surface area contributed by atoms with E-state index in [0.717, 1.165) is 19.2 Å². The molecule has 0 bridgehead atoms. The van der Waals surface area contributed by atoms with Crippen molar-refractivity contribution in [2.45, 2.75) is 77.0 Å². The van der Waals surface area contributed by atoms with E-state index < -0.39 is 61.3 Å². The van der Waals surface area contributed by atoms with Crippen molar-refractivity contribution in [2.75, 3.05) is 13.2 Å². The van der Waals surface area contributed by atoms with Crippen LogP contribution in [0.5, 0.6) is 0 Å². The van der Waals surface area contributed by atoms with Gasteiger partial charge in [0.05, 0.1) is 19.6 Å². The molecular weight excluding hydrogens is 481 g/mol. The van der Waals surface area contributed by atoms with Gasteiger partial charge < -0.3 is 28.3 Å². The van der Waals surface area contributed by atoms with E-state index in [4.69, 9.17) is 18.5 Å². The highest BCUT2D eigenvalue weighted by Crippen LogP contribution is 2.56. The fraction of sp³-hybridized carbons (Fsp3) is 0.700. The Hall–Kier alpha value is -2.21. The molecule has 0 aliphatic carbocycles. The van der Waals surface area contributed by atoms with Gasteiger partial charge in [0.15, 0.2) is 18.0 Å². The third-order valence-electron chi connectivity index (χ3n) is 5.13. The number of H-pyrrole nitrogens is 1. The van der Waals surface area contributed by atoms with E-state index in [1.165, 1.54) is 20.8 Å². The number of ketones is 1. The maximum Gasteiger partial charge on any atom is 0.364 e. The summed E-state index contributed by atoms with van der Waals surface area (Å²) in [5.74, 6) is -3.57. The van der Waals surface area contributed by atoms with E-state index in [2.05, 4.69) is 4.98 Å². The molecule has 1 aromatic heterocycles. The normalized spacial score (nSPS) is 25.8. The number of esters is 1. The summed E-state index contributed by atoms with van der Waals surface area (Å²) in [6, 6.07) is 0.957. The average Bonchev–Trinajstić information content (AvgIpc) is 2.97. The summed E-state index contributed by atoms with van der Waals surface area (Å²) in [6.07, 6.45) is -5.56. The molecular formula is C20H29F2N2O9P. The topological polar surface area (TPSA) is 143 Å². The van der Waals surface area contributed by atoms with Crippen molar-refractivity contribution in [3.05, 3.63) is 33.1 Å². The minimum absolute atomic E-state index is 0.134. The number of alkyl halides is 2. The quantitative estimate of drug-likeness (QED) is 0.331. The molecule has 1 aliphatic rings. The van der Waals surface area contributed by atoms with Crippen LogP contribution in [0.25, 0.3) is 0 Å². The average molecular weight is 510 g/mol. The number of nitrogens with one attached hydrogen (secondary N) is 1. The van der Waals surface area contributed by atoms with Gasteiger partial charge in [-0.05, 0) is 27.7 Å². The lowest BCUT2D eigenvalue weighted by molar-refractivity contribution is -0.158. The van der Waals surface area contributed by atoms with Crippen molar-refractivity contribution in [1.29, 1.82) is 0 Å². The Morgan fingerprint density at radius 3 is 2.41 bits per heavy atom. The lowest BCUT2D eigenvalue weighted by Gasteiger charge is -2.28. The van der Waals surface area contributed by atoms with E-state index in [0.29, 0.717) is 4.57 Å². The Balaban J connectivity index is 2.43. The Kier molecular flexibility index (Phi) is 9.46. The zero-order valence-corrected chi connectivity index (χ0v) is 20.2. The summed E-state index contributed by atoms with van der Waals surface area (Å²) in [7, 11) is -4.29. The lowest BCUT2D eigenvalue weighted by atomic mass is 9.96. The van der Waals surface area contributed by atoms with Crippen LogP contribution in [0.1, 0.15) is 53.2 Å². The Morgan fingerprint density at radius 1 is 1.26 bits per heavy atom. The molecule has 1 aromatic rings. The number of carbonyl (C=O) groups is 2. The van der Waals surface area contributed by atoms with Crippen molar-refractivity contribution < 1.29 is 41.5 Å². The Bertz CT molecular complexity index is 1000. The first-order chi connectivity index (χ1) is 15.9. The van der Waals surface area contributed by atoms with E-state index in [1.807, 2.05) is 0 Å². The summed E-state index contributed by atoms with van der Waals surface area (Å²) in [5, 5.41) is 0. The van der Waals surface area contributed by atoms with Gasteiger partial charge >= 0.3 is 19.3 Å². The van der Waals surface area contributed by atoms with Crippen molar-refractivity contribution >= 4 is 19.3 Å². The minimum atomic E-state index is -4.29. The number of halogens is 2. The van der Waals surface area contributed by atoms with Gasteiger partial charge in [0, 0.05) is 25.1 Å².